The summed E-state index contributed by atoms with van der Waals surface area (Å²) in [5.74, 6) is -8.70. The number of amides is 1. The predicted molar refractivity (Wildman–Crippen MR) is 87.6 cm³/mol. The Morgan fingerprint density at radius 3 is 2.26 bits per heavy atom. The topological polar surface area (TPSA) is 67.4 Å². The van der Waals surface area contributed by atoms with Gasteiger partial charge in [-0.1, -0.05) is 23.2 Å². The molecule has 1 amide bonds. The van der Waals surface area contributed by atoms with E-state index in [9.17, 15) is 31.5 Å². The second-order valence-electron chi connectivity index (χ2n) is 5.21. The largest absolute Gasteiger partial charge is 0.479 e. The number of allylic oxidation sites excluding steroid dienone is 2. The van der Waals surface area contributed by atoms with Crippen molar-refractivity contribution in [2.75, 3.05) is 0 Å². The fourth-order valence-electron chi connectivity index (χ4n) is 1.54. The Kier molecular flexibility index (Phi) is 7.44. The molecule has 2 N–H and O–H groups in total. The van der Waals surface area contributed by atoms with Crippen molar-refractivity contribution in [1.82, 2.24) is 10.9 Å². The van der Waals surface area contributed by atoms with Crippen LogP contribution in [-0.2, 0) is 9.59 Å². The maximum absolute atomic E-state index is 12.8. The molecule has 0 aliphatic rings. The number of ether oxygens (including phenoxy) is 1. The summed E-state index contributed by atoms with van der Waals surface area (Å²) < 4.78 is 67.2. The molecule has 1 rings (SSSR count). The molecular weight excluding hydrogens is 422 g/mol. The Morgan fingerprint density at radius 2 is 1.74 bits per heavy atom. The van der Waals surface area contributed by atoms with Gasteiger partial charge in [-0.3, -0.25) is 15.0 Å². The van der Waals surface area contributed by atoms with E-state index in [0.717, 1.165) is 6.92 Å². The molecule has 0 radical (unpaired) electrons. The minimum atomic E-state index is -6.02. The second kappa shape index (κ2) is 8.75. The van der Waals surface area contributed by atoms with Gasteiger partial charge in [-0.15, -0.1) is 0 Å². The van der Waals surface area contributed by atoms with E-state index in [1.54, 1.807) is 0 Å². The summed E-state index contributed by atoms with van der Waals surface area (Å²) >= 11 is 11.6. The zero-order chi connectivity index (χ0) is 21.0. The van der Waals surface area contributed by atoms with Gasteiger partial charge in [-0.25, -0.2) is 0 Å². The lowest BCUT2D eigenvalue weighted by Gasteiger charge is -2.18. The first-order valence-electron chi connectivity index (χ1n) is 7.10. The van der Waals surface area contributed by atoms with E-state index in [1.165, 1.54) is 25.1 Å². The SMILES string of the molecule is C/C(=C\C(=O)C(F)(F)C(F)(F)F)NNC(=O)[C@H](C)Oc1ccc(Cl)cc1Cl. The number of carbonyl (C=O) groups excluding carboxylic acids is 2. The first-order chi connectivity index (χ1) is 12.3. The third-order valence-corrected chi connectivity index (χ3v) is 3.49. The van der Waals surface area contributed by atoms with E-state index in [0.29, 0.717) is 5.02 Å². The molecule has 0 aromatic heterocycles. The number of hydrogen-bond donors (Lipinski definition) is 2. The lowest BCUT2D eigenvalue weighted by atomic mass is 10.2. The van der Waals surface area contributed by atoms with Crippen molar-refractivity contribution in [3.8, 4) is 5.75 Å². The highest BCUT2D eigenvalue weighted by molar-refractivity contribution is 6.35. The molecule has 0 fully saturated rings. The third-order valence-electron chi connectivity index (χ3n) is 2.96. The molecule has 0 aliphatic heterocycles. The zero-order valence-electron chi connectivity index (χ0n) is 13.8. The van der Waals surface area contributed by atoms with Crippen LogP contribution in [0.15, 0.2) is 30.0 Å². The minimum absolute atomic E-state index is 0.0232. The summed E-state index contributed by atoms with van der Waals surface area (Å²) in [7, 11) is 0. The predicted octanol–water partition coefficient (Wildman–Crippen LogP) is 4.05. The molecule has 0 saturated carbocycles. The van der Waals surface area contributed by atoms with Gasteiger partial charge in [0, 0.05) is 16.8 Å². The standard InChI is InChI=1S/C15H13Cl2F5N2O3/c1-7(5-12(25)14(18,19)15(20,21)22)23-24-13(26)8(2)27-11-4-3-9(16)6-10(11)17/h3-6,8,23H,1-2H3,(H,24,26)/b7-5+/t8-/m0/s1. The van der Waals surface area contributed by atoms with Gasteiger partial charge in [0.15, 0.2) is 6.10 Å². The molecule has 1 aromatic carbocycles. The van der Waals surface area contributed by atoms with Crippen molar-refractivity contribution in [1.29, 1.82) is 0 Å². The number of hydrazine groups is 1. The highest BCUT2D eigenvalue weighted by Gasteiger charge is 2.62. The van der Waals surface area contributed by atoms with Crippen LogP contribution < -0.4 is 15.6 Å². The van der Waals surface area contributed by atoms with Crippen LogP contribution in [0, 0.1) is 0 Å². The van der Waals surface area contributed by atoms with E-state index >= 15 is 0 Å². The molecule has 0 spiro atoms. The molecule has 0 saturated heterocycles. The van der Waals surface area contributed by atoms with Crippen molar-refractivity contribution in [2.24, 2.45) is 0 Å². The fraction of sp³-hybridized carbons (Fsp3) is 0.333. The van der Waals surface area contributed by atoms with Crippen LogP contribution in [0.5, 0.6) is 5.75 Å². The number of benzene rings is 1. The molecular formula is C15H13Cl2F5N2O3. The van der Waals surface area contributed by atoms with Gasteiger partial charge >= 0.3 is 12.1 Å². The molecule has 0 bridgehead atoms. The maximum atomic E-state index is 12.8. The summed E-state index contributed by atoms with van der Waals surface area (Å²) in [6.07, 6.45) is -7.13. The van der Waals surface area contributed by atoms with Crippen molar-refractivity contribution in [3.63, 3.8) is 0 Å². The van der Waals surface area contributed by atoms with Crippen molar-refractivity contribution >= 4 is 34.9 Å². The smallest absolute Gasteiger partial charge is 0.461 e. The van der Waals surface area contributed by atoms with Gasteiger partial charge in [0.2, 0.25) is 5.78 Å². The number of nitrogens with one attached hydrogen (secondary N) is 2. The quantitative estimate of drug-likeness (QED) is 0.386. The Morgan fingerprint density at radius 1 is 1.15 bits per heavy atom. The van der Waals surface area contributed by atoms with Crippen molar-refractivity contribution < 1.29 is 36.3 Å². The van der Waals surface area contributed by atoms with Gasteiger partial charge in [-0.05, 0) is 32.0 Å². The molecule has 27 heavy (non-hydrogen) atoms. The molecule has 0 unspecified atom stereocenters. The normalized spacial score (nSPS) is 13.7. The number of carbonyl (C=O) groups is 2. The number of rotatable bonds is 7. The van der Waals surface area contributed by atoms with E-state index in [2.05, 4.69) is 0 Å². The van der Waals surface area contributed by atoms with E-state index in [-0.39, 0.29) is 16.8 Å². The van der Waals surface area contributed by atoms with Gasteiger partial charge in [-0.2, -0.15) is 22.0 Å². The van der Waals surface area contributed by atoms with Crippen molar-refractivity contribution in [3.05, 3.63) is 40.0 Å². The van der Waals surface area contributed by atoms with Crippen LogP contribution in [0.4, 0.5) is 22.0 Å². The molecule has 1 atom stereocenters. The zero-order valence-corrected chi connectivity index (χ0v) is 15.3. The van der Waals surface area contributed by atoms with E-state index in [1.807, 2.05) is 10.9 Å². The minimum Gasteiger partial charge on any atom is -0.479 e. The highest BCUT2D eigenvalue weighted by Crippen LogP contribution is 2.36. The van der Waals surface area contributed by atoms with Crippen LogP contribution in [0.25, 0.3) is 0 Å². The summed E-state index contributed by atoms with van der Waals surface area (Å²) in [5.41, 5.74) is 3.58. The monoisotopic (exact) mass is 434 g/mol. The van der Waals surface area contributed by atoms with Crippen LogP contribution in [0.2, 0.25) is 10.0 Å². The van der Waals surface area contributed by atoms with E-state index in [4.69, 9.17) is 27.9 Å². The Labute approximate surface area is 160 Å². The Bertz CT molecular complexity index is 753. The number of hydrogen-bond acceptors (Lipinski definition) is 4. The van der Waals surface area contributed by atoms with Gasteiger partial charge < -0.3 is 10.2 Å². The Hall–Kier alpha value is -2.07. The van der Waals surface area contributed by atoms with Gasteiger partial charge in [0.05, 0.1) is 5.02 Å². The summed E-state index contributed by atoms with van der Waals surface area (Å²) in [6.45, 7) is 2.33. The summed E-state index contributed by atoms with van der Waals surface area (Å²) in [6, 6.07) is 4.25. The molecule has 0 aliphatic carbocycles. The molecule has 0 heterocycles. The third kappa shape index (κ3) is 6.24. The first kappa shape index (κ1) is 23.0. The van der Waals surface area contributed by atoms with Crippen LogP contribution in [0.1, 0.15) is 13.8 Å². The number of halogens is 7. The molecule has 12 heteroatoms. The van der Waals surface area contributed by atoms with Gasteiger partial charge in [0.1, 0.15) is 5.75 Å². The van der Waals surface area contributed by atoms with Crippen molar-refractivity contribution in [2.45, 2.75) is 32.1 Å². The lowest BCUT2D eigenvalue weighted by molar-refractivity contribution is -0.266. The molecule has 1 aromatic rings. The number of ketones is 1. The summed E-state index contributed by atoms with van der Waals surface area (Å²) in [5, 5.41) is 0.471. The average molecular weight is 435 g/mol. The average Bonchev–Trinajstić information content (AvgIpc) is 2.53. The molecule has 5 nitrogen and oxygen atoms in total. The Balaban J connectivity index is 2.66. The first-order valence-corrected chi connectivity index (χ1v) is 7.86. The van der Waals surface area contributed by atoms with Crippen LogP contribution in [-0.4, -0.2) is 29.9 Å². The summed E-state index contributed by atoms with van der Waals surface area (Å²) in [4.78, 5) is 22.9. The fourth-order valence-corrected chi connectivity index (χ4v) is 1.99. The maximum Gasteiger partial charge on any atom is 0.461 e. The highest BCUT2D eigenvalue weighted by atomic mass is 35.5. The number of alkyl halides is 5. The lowest BCUT2D eigenvalue weighted by Crippen LogP contribution is -2.45. The van der Waals surface area contributed by atoms with E-state index < -0.39 is 35.6 Å². The second-order valence-corrected chi connectivity index (χ2v) is 6.06. The van der Waals surface area contributed by atoms with Crippen LogP contribution in [0.3, 0.4) is 0 Å². The van der Waals surface area contributed by atoms with Crippen LogP contribution >= 0.6 is 23.2 Å². The van der Waals surface area contributed by atoms with Gasteiger partial charge in [0.25, 0.3) is 5.91 Å². The molecule has 150 valence electrons.